The summed E-state index contributed by atoms with van der Waals surface area (Å²) in [4.78, 5) is 8.67. The van der Waals surface area contributed by atoms with E-state index in [1.165, 1.54) is 12.1 Å². The van der Waals surface area contributed by atoms with Crippen molar-refractivity contribution >= 4 is 29.2 Å². The average molecular weight is 384 g/mol. The monoisotopic (exact) mass is 384 g/mol. The number of allylic oxidation sites excluding steroid dienone is 1. The number of aromatic nitrogens is 2. The van der Waals surface area contributed by atoms with Crippen LogP contribution in [0.2, 0.25) is 0 Å². The second kappa shape index (κ2) is 8.64. The van der Waals surface area contributed by atoms with Crippen molar-refractivity contribution in [1.82, 2.24) is 9.97 Å². The Hall–Kier alpha value is -4.23. The zero-order chi connectivity index (χ0) is 20.8. The lowest BCUT2D eigenvalue weighted by Crippen LogP contribution is -2.02. The van der Waals surface area contributed by atoms with Gasteiger partial charge in [0, 0.05) is 17.6 Å². The summed E-state index contributed by atoms with van der Waals surface area (Å²) in [5, 5.41) is 23.8. The molecule has 0 bridgehead atoms. The first kappa shape index (κ1) is 19.5. The number of rotatable bonds is 5. The van der Waals surface area contributed by atoms with E-state index in [1.54, 1.807) is 48.7 Å². The number of halogens is 1. The van der Waals surface area contributed by atoms with Crippen LogP contribution < -0.4 is 10.6 Å². The molecule has 0 fully saturated rings. The van der Waals surface area contributed by atoms with Crippen LogP contribution in [0.4, 0.5) is 27.5 Å². The van der Waals surface area contributed by atoms with Gasteiger partial charge in [-0.1, -0.05) is 0 Å². The molecule has 0 saturated carbocycles. The SMILES string of the molecule is Cc1cc(/C=C(\F)C#N)cc(C)c1Nc1ccnc(Nc2ccc(C#N)cc2)n1. The second-order valence-corrected chi connectivity index (χ2v) is 6.34. The number of benzene rings is 2. The topological polar surface area (TPSA) is 97.4 Å². The fourth-order valence-electron chi connectivity index (χ4n) is 2.83. The van der Waals surface area contributed by atoms with Crippen LogP contribution in [0, 0.1) is 36.5 Å². The highest BCUT2D eigenvalue weighted by atomic mass is 19.1. The van der Waals surface area contributed by atoms with Gasteiger partial charge in [-0.25, -0.2) is 4.98 Å². The number of anilines is 4. The largest absolute Gasteiger partial charge is 0.340 e. The van der Waals surface area contributed by atoms with Crippen LogP contribution in [0.3, 0.4) is 0 Å². The summed E-state index contributed by atoms with van der Waals surface area (Å²) in [6.45, 7) is 3.79. The maximum absolute atomic E-state index is 13.2. The van der Waals surface area contributed by atoms with Crippen molar-refractivity contribution in [2.24, 2.45) is 0 Å². The zero-order valence-corrected chi connectivity index (χ0v) is 15.9. The third-order valence-corrected chi connectivity index (χ3v) is 4.13. The summed E-state index contributed by atoms with van der Waals surface area (Å²) in [5.74, 6) is 0.165. The van der Waals surface area contributed by atoms with Gasteiger partial charge in [0.05, 0.1) is 11.6 Å². The number of nitrogens with one attached hydrogen (secondary N) is 2. The first-order valence-corrected chi connectivity index (χ1v) is 8.74. The summed E-state index contributed by atoms with van der Waals surface area (Å²) in [6.07, 6.45) is 2.83. The fraction of sp³-hybridized carbons (Fsp3) is 0.0909. The molecule has 0 aliphatic heterocycles. The highest BCUT2D eigenvalue weighted by Gasteiger charge is 2.08. The number of nitrogens with zero attached hydrogens (tertiary/aromatic N) is 4. The number of hydrogen-bond donors (Lipinski definition) is 2. The first-order valence-electron chi connectivity index (χ1n) is 8.74. The van der Waals surface area contributed by atoms with E-state index in [0.29, 0.717) is 22.9 Å². The van der Waals surface area contributed by atoms with Crippen LogP contribution >= 0.6 is 0 Å². The molecular weight excluding hydrogens is 367 g/mol. The minimum absolute atomic E-state index is 0.408. The Bertz CT molecular complexity index is 1130. The van der Waals surface area contributed by atoms with E-state index >= 15 is 0 Å². The van der Waals surface area contributed by atoms with E-state index in [0.717, 1.165) is 22.5 Å². The molecule has 0 aliphatic rings. The standard InChI is InChI=1S/C22H17FN6/c1-14-9-17(11-18(23)13-25)10-15(2)21(14)28-20-7-8-26-22(29-20)27-19-5-3-16(12-24)4-6-19/h3-11H,1-2H3,(H2,26,27,28,29)/b18-11-. The van der Waals surface area contributed by atoms with Gasteiger partial charge in [-0.05, 0) is 79.1 Å². The van der Waals surface area contributed by atoms with Gasteiger partial charge in [-0.15, -0.1) is 0 Å². The smallest absolute Gasteiger partial charge is 0.229 e. The van der Waals surface area contributed by atoms with Gasteiger partial charge in [0.25, 0.3) is 0 Å². The Morgan fingerprint density at radius 2 is 1.72 bits per heavy atom. The molecule has 2 N–H and O–H groups in total. The normalized spacial score (nSPS) is 10.7. The molecule has 0 amide bonds. The van der Waals surface area contributed by atoms with Crippen molar-refractivity contribution in [3.63, 3.8) is 0 Å². The third-order valence-electron chi connectivity index (χ3n) is 4.13. The number of hydrogen-bond acceptors (Lipinski definition) is 6. The van der Waals surface area contributed by atoms with Gasteiger partial charge < -0.3 is 10.6 Å². The van der Waals surface area contributed by atoms with E-state index in [1.807, 2.05) is 13.8 Å². The summed E-state index contributed by atoms with van der Waals surface area (Å²) < 4.78 is 13.2. The highest BCUT2D eigenvalue weighted by Crippen LogP contribution is 2.27. The molecule has 3 aromatic rings. The number of nitriles is 2. The lowest BCUT2D eigenvalue weighted by Gasteiger charge is -2.14. The Morgan fingerprint density at radius 1 is 1.03 bits per heavy atom. The van der Waals surface area contributed by atoms with Crippen molar-refractivity contribution in [3.8, 4) is 12.1 Å². The lowest BCUT2D eigenvalue weighted by molar-refractivity contribution is 0.679. The molecule has 7 heteroatoms. The molecule has 0 unspecified atom stereocenters. The Morgan fingerprint density at radius 3 is 2.34 bits per heavy atom. The first-order chi connectivity index (χ1) is 14.0. The maximum Gasteiger partial charge on any atom is 0.229 e. The molecule has 0 radical (unpaired) electrons. The van der Waals surface area contributed by atoms with Crippen molar-refractivity contribution in [2.75, 3.05) is 10.6 Å². The highest BCUT2D eigenvalue weighted by molar-refractivity contribution is 5.69. The molecule has 0 atom stereocenters. The Labute approximate surface area is 168 Å². The number of aryl methyl sites for hydroxylation is 2. The predicted octanol–water partition coefficient (Wildman–Crippen LogP) is 5.29. The van der Waals surface area contributed by atoms with E-state index < -0.39 is 5.83 Å². The van der Waals surface area contributed by atoms with E-state index in [4.69, 9.17) is 10.5 Å². The van der Waals surface area contributed by atoms with E-state index in [-0.39, 0.29) is 0 Å². The molecule has 0 saturated heterocycles. The lowest BCUT2D eigenvalue weighted by atomic mass is 10.0. The molecule has 3 rings (SSSR count). The molecule has 2 aromatic carbocycles. The predicted molar refractivity (Wildman–Crippen MR) is 110 cm³/mol. The van der Waals surface area contributed by atoms with Crippen molar-refractivity contribution in [2.45, 2.75) is 13.8 Å². The van der Waals surface area contributed by atoms with Crippen LogP contribution in [-0.2, 0) is 0 Å². The third kappa shape index (κ3) is 4.94. The van der Waals surface area contributed by atoms with E-state index in [2.05, 4.69) is 26.7 Å². The van der Waals surface area contributed by atoms with Crippen LogP contribution in [0.25, 0.3) is 6.08 Å². The van der Waals surface area contributed by atoms with Gasteiger partial charge in [0.2, 0.25) is 11.8 Å². The summed E-state index contributed by atoms with van der Waals surface area (Å²) >= 11 is 0. The van der Waals surface area contributed by atoms with Gasteiger partial charge in [0.1, 0.15) is 11.9 Å². The maximum atomic E-state index is 13.2. The quantitative estimate of drug-likeness (QED) is 0.580. The fourth-order valence-corrected chi connectivity index (χ4v) is 2.83. The summed E-state index contributed by atoms with van der Waals surface area (Å²) in [5.41, 5.74) is 4.59. The van der Waals surface area contributed by atoms with E-state index in [9.17, 15) is 4.39 Å². The van der Waals surface area contributed by atoms with Gasteiger partial charge >= 0.3 is 0 Å². The van der Waals surface area contributed by atoms with Gasteiger partial charge in [-0.3, -0.25) is 0 Å². The minimum Gasteiger partial charge on any atom is -0.340 e. The molecule has 29 heavy (non-hydrogen) atoms. The molecule has 142 valence electrons. The van der Waals surface area contributed by atoms with Gasteiger partial charge in [-0.2, -0.15) is 19.9 Å². The van der Waals surface area contributed by atoms with Crippen LogP contribution in [0.1, 0.15) is 22.3 Å². The molecule has 6 nitrogen and oxygen atoms in total. The Kier molecular flexibility index (Phi) is 5.82. The Balaban J connectivity index is 1.81. The second-order valence-electron chi connectivity index (χ2n) is 6.34. The van der Waals surface area contributed by atoms with Crippen molar-refractivity contribution in [3.05, 3.63) is 76.7 Å². The molecular formula is C22H17FN6. The molecule has 1 heterocycles. The minimum atomic E-state index is -0.834. The zero-order valence-electron chi connectivity index (χ0n) is 15.9. The summed E-state index contributed by atoms with van der Waals surface area (Å²) in [6, 6.07) is 15.9. The van der Waals surface area contributed by atoms with Gasteiger partial charge in [0.15, 0.2) is 0 Å². The molecule has 0 spiro atoms. The average Bonchev–Trinajstić information content (AvgIpc) is 2.71. The summed E-state index contributed by atoms with van der Waals surface area (Å²) in [7, 11) is 0. The molecule has 1 aromatic heterocycles. The van der Waals surface area contributed by atoms with Crippen molar-refractivity contribution < 1.29 is 4.39 Å². The van der Waals surface area contributed by atoms with Crippen LogP contribution in [0.15, 0.2) is 54.5 Å². The van der Waals surface area contributed by atoms with Crippen LogP contribution in [-0.4, -0.2) is 9.97 Å². The van der Waals surface area contributed by atoms with Crippen molar-refractivity contribution in [1.29, 1.82) is 10.5 Å². The molecule has 0 aliphatic carbocycles. The van der Waals surface area contributed by atoms with Crippen LogP contribution in [0.5, 0.6) is 0 Å².